The highest BCUT2D eigenvalue weighted by Gasteiger charge is 2.24. The maximum Gasteiger partial charge on any atom is 0.340 e. The Balaban J connectivity index is 1.64. The van der Waals surface area contributed by atoms with Crippen LogP contribution in [0.25, 0.3) is 0 Å². The number of methoxy groups -OCH3 is 1. The second-order valence-electron chi connectivity index (χ2n) is 8.49. The van der Waals surface area contributed by atoms with Crippen molar-refractivity contribution in [3.63, 3.8) is 0 Å². The molecular weight excluding hydrogens is 540 g/mol. The van der Waals surface area contributed by atoms with Gasteiger partial charge in [-0.3, -0.25) is 9.11 Å². The van der Waals surface area contributed by atoms with Crippen LogP contribution in [0.1, 0.15) is 21.5 Å². The predicted octanol–water partition coefficient (Wildman–Crippen LogP) is 6.43. The van der Waals surface area contributed by atoms with Gasteiger partial charge in [-0.2, -0.15) is 0 Å². The Labute approximate surface area is 231 Å². The third-order valence-electron chi connectivity index (χ3n) is 5.75. The standard InChI is InChI=1S/C28H26N2O7S2/c1-19-4-8-21(9-5-19)29(38(32)33)22-12-14-24(15-13-22)37-25-16-17-27(26(18-25)28(31)36-3)30(39(34)35)23-10-6-20(2)7-11-23/h4-18H,1-3H3,(H,32,33)(H,34,35). The lowest BCUT2D eigenvalue weighted by molar-refractivity contribution is 0.0601. The van der Waals surface area contributed by atoms with Crippen molar-refractivity contribution in [1.82, 2.24) is 0 Å². The molecule has 0 heterocycles. The lowest BCUT2D eigenvalue weighted by Gasteiger charge is -2.23. The first kappa shape index (κ1) is 28.0. The second-order valence-corrected chi connectivity index (χ2v) is 10.1. The molecule has 11 heteroatoms. The van der Waals surface area contributed by atoms with Crippen molar-refractivity contribution in [1.29, 1.82) is 0 Å². The molecule has 0 aliphatic rings. The SMILES string of the molecule is COC(=O)c1cc(Oc2ccc(N(c3ccc(C)cc3)S(=O)O)cc2)ccc1N(c1ccc(C)cc1)S(=O)O. The molecule has 0 fully saturated rings. The van der Waals surface area contributed by atoms with Gasteiger partial charge in [0.2, 0.25) is 0 Å². The Morgan fingerprint density at radius 2 is 1.10 bits per heavy atom. The number of ether oxygens (including phenoxy) is 2. The molecule has 0 aliphatic heterocycles. The van der Waals surface area contributed by atoms with E-state index < -0.39 is 28.5 Å². The summed E-state index contributed by atoms with van der Waals surface area (Å²) in [5.41, 5.74) is 3.61. The molecule has 0 aliphatic carbocycles. The first-order valence-corrected chi connectivity index (χ1v) is 13.8. The third-order valence-corrected chi connectivity index (χ3v) is 7.20. The van der Waals surface area contributed by atoms with Crippen LogP contribution in [0.4, 0.5) is 22.7 Å². The maximum absolute atomic E-state index is 12.6. The number of carbonyl (C=O) groups is 1. The summed E-state index contributed by atoms with van der Waals surface area (Å²) in [5.74, 6) is -0.0378. The summed E-state index contributed by atoms with van der Waals surface area (Å²) < 4.78 is 57.5. The number of anilines is 4. The van der Waals surface area contributed by atoms with E-state index in [1.807, 2.05) is 26.0 Å². The molecule has 0 bridgehead atoms. The Kier molecular flexibility index (Phi) is 8.77. The van der Waals surface area contributed by atoms with Gasteiger partial charge in [-0.25, -0.2) is 21.8 Å². The molecule has 0 aromatic heterocycles. The Hall–Kier alpha value is -4.03. The van der Waals surface area contributed by atoms with Gasteiger partial charge in [-0.15, -0.1) is 0 Å². The number of benzene rings is 4. The van der Waals surface area contributed by atoms with E-state index in [0.29, 0.717) is 22.8 Å². The van der Waals surface area contributed by atoms with Gasteiger partial charge in [0.1, 0.15) is 11.5 Å². The molecule has 4 rings (SSSR count). The van der Waals surface area contributed by atoms with Crippen molar-refractivity contribution in [3.8, 4) is 11.5 Å². The molecule has 2 unspecified atom stereocenters. The highest BCUT2D eigenvalue weighted by Crippen LogP contribution is 2.35. The van der Waals surface area contributed by atoms with Gasteiger partial charge < -0.3 is 9.47 Å². The summed E-state index contributed by atoms with van der Waals surface area (Å²) in [6, 6.07) is 25.1. The van der Waals surface area contributed by atoms with Crippen LogP contribution in [0, 0.1) is 13.8 Å². The smallest absolute Gasteiger partial charge is 0.340 e. The van der Waals surface area contributed by atoms with E-state index in [9.17, 15) is 22.3 Å². The average Bonchev–Trinajstić information content (AvgIpc) is 2.92. The first-order valence-electron chi connectivity index (χ1n) is 11.6. The minimum absolute atomic E-state index is 0.0239. The maximum atomic E-state index is 12.6. The van der Waals surface area contributed by atoms with Crippen LogP contribution in [0.5, 0.6) is 11.5 Å². The minimum atomic E-state index is -2.48. The van der Waals surface area contributed by atoms with Gasteiger partial charge in [0.15, 0.2) is 0 Å². The number of rotatable bonds is 9. The summed E-state index contributed by atoms with van der Waals surface area (Å²) in [7, 11) is 1.22. The van der Waals surface area contributed by atoms with Crippen molar-refractivity contribution in [2.24, 2.45) is 0 Å². The molecule has 4 aromatic carbocycles. The summed E-state index contributed by atoms with van der Waals surface area (Å²) in [4.78, 5) is 12.6. The summed E-state index contributed by atoms with van der Waals surface area (Å²) in [5, 5.41) is 0. The molecule has 0 radical (unpaired) electrons. The molecule has 2 atom stereocenters. The molecule has 9 nitrogen and oxygen atoms in total. The zero-order valence-corrected chi connectivity index (χ0v) is 22.9. The zero-order chi connectivity index (χ0) is 28.1. The minimum Gasteiger partial charge on any atom is -0.465 e. The van der Waals surface area contributed by atoms with Crippen molar-refractivity contribution in [2.45, 2.75) is 13.8 Å². The van der Waals surface area contributed by atoms with Crippen LogP contribution in [-0.4, -0.2) is 30.6 Å². The fourth-order valence-corrected chi connectivity index (χ4v) is 5.05. The van der Waals surface area contributed by atoms with Crippen LogP contribution in [0.15, 0.2) is 91.0 Å². The summed E-state index contributed by atoms with van der Waals surface area (Å²) in [6.45, 7) is 3.82. The van der Waals surface area contributed by atoms with Crippen LogP contribution in [0.2, 0.25) is 0 Å². The summed E-state index contributed by atoms with van der Waals surface area (Å²) in [6.07, 6.45) is 0. The van der Waals surface area contributed by atoms with Crippen LogP contribution < -0.4 is 13.3 Å². The van der Waals surface area contributed by atoms with Crippen molar-refractivity contribution >= 4 is 51.3 Å². The first-order chi connectivity index (χ1) is 18.7. The van der Waals surface area contributed by atoms with Crippen molar-refractivity contribution in [3.05, 3.63) is 108 Å². The van der Waals surface area contributed by atoms with Crippen molar-refractivity contribution in [2.75, 3.05) is 15.7 Å². The van der Waals surface area contributed by atoms with Gasteiger partial charge in [0, 0.05) is 0 Å². The van der Waals surface area contributed by atoms with E-state index in [4.69, 9.17) is 9.47 Å². The molecule has 202 valence electrons. The van der Waals surface area contributed by atoms with E-state index in [1.54, 1.807) is 66.7 Å². The molecule has 2 N–H and O–H groups in total. The van der Waals surface area contributed by atoms with E-state index in [0.717, 1.165) is 15.4 Å². The van der Waals surface area contributed by atoms with E-state index in [-0.39, 0.29) is 17.0 Å². The molecule has 39 heavy (non-hydrogen) atoms. The van der Waals surface area contributed by atoms with E-state index in [1.165, 1.54) is 23.5 Å². The fraction of sp³-hybridized carbons (Fsp3) is 0.107. The van der Waals surface area contributed by atoms with Gasteiger partial charge in [-0.1, -0.05) is 35.4 Å². The number of esters is 1. The van der Waals surface area contributed by atoms with E-state index in [2.05, 4.69) is 0 Å². The highest BCUT2D eigenvalue weighted by molar-refractivity contribution is 7.81. The number of nitrogens with zero attached hydrogens (tertiary/aromatic N) is 2. The molecular formula is C28H26N2O7S2. The van der Waals surface area contributed by atoms with Gasteiger partial charge >= 0.3 is 5.97 Å². The summed E-state index contributed by atoms with van der Waals surface area (Å²) >= 11 is -4.78. The van der Waals surface area contributed by atoms with Crippen LogP contribution in [0.3, 0.4) is 0 Å². The lowest BCUT2D eigenvalue weighted by atomic mass is 10.1. The van der Waals surface area contributed by atoms with Gasteiger partial charge in [0.25, 0.3) is 22.5 Å². The quantitative estimate of drug-likeness (QED) is 0.177. The number of aryl methyl sites for hydroxylation is 2. The van der Waals surface area contributed by atoms with Crippen LogP contribution in [-0.2, 0) is 27.3 Å². The molecule has 0 saturated carbocycles. The largest absolute Gasteiger partial charge is 0.465 e. The van der Waals surface area contributed by atoms with E-state index >= 15 is 0 Å². The molecule has 4 aromatic rings. The second kappa shape index (κ2) is 12.2. The average molecular weight is 567 g/mol. The number of hydrogen-bond donors (Lipinski definition) is 2. The molecule has 0 saturated heterocycles. The molecule has 0 spiro atoms. The number of hydrogen-bond acceptors (Lipinski definition) is 5. The predicted molar refractivity (Wildman–Crippen MR) is 152 cm³/mol. The molecule has 0 amide bonds. The van der Waals surface area contributed by atoms with Crippen molar-refractivity contribution < 1.29 is 31.8 Å². The zero-order valence-electron chi connectivity index (χ0n) is 21.3. The fourth-order valence-electron chi connectivity index (χ4n) is 3.82. The topological polar surface area (TPSA) is 117 Å². The van der Waals surface area contributed by atoms with Crippen LogP contribution >= 0.6 is 0 Å². The lowest BCUT2D eigenvalue weighted by Crippen LogP contribution is -2.22. The number of carbonyl (C=O) groups excluding carboxylic acids is 1. The highest BCUT2D eigenvalue weighted by atomic mass is 32.2. The Morgan fingerprint density at radius 1 is 0.667 bits per heavy atom. The normalized spacial score (nSPS) is 12.3. The monoisotopic (exact) mass is 566 g/mol. The Bertz CT molecular complexity index is 1510. The Morgan fingerprint density at radius 3 is 1.56 bits per heavy atom. The van der Waals surface area contributed by atoms with Gasteiger partial charge in [-0.05, 0) is 80.6 Å². The third kappa shape index (κ3) is 6.52. The van der Waals surface area contributed by atoms with Gasteiger partial charge in [0.05, 0.1) is 35.4 Å².